The fraction of sp³-hybridized carbons (Fsp3) is 0.429. The molecule has 9 heteroatoms. The van der Waals surface area contributed by atoms with Gasteiger partial charge in [-0.2, -0.15) is 0 Å². The molecule has 1 unspecified atom stereocenters. The normalized spacial score (nSPS) is 25.9. The molecule has 0 radical (unpaired) electrons. The molecule has 4 rings (SSSR count). The van der Waals surface area contributed by atoms with Gasteiger partial charge in [-0.3, -0.25) is 19.2 Å². The number of hydrogen-bond donors (Lipinski definition) is 3. The largest absolute Gasteiger partial charge is 0.507 e. The van der Waals surface area contributed by atoms with E-state index in [2.05, 4.69) is 0 Å². The van der Waals surface area contributed by atoms with Gasteiger partial charge in [0.1, 0.15) is 5.75 Å². The molecule has 2 aliphatic carbocycles. The number of likely N-dealkylation sites (N-methyl/N-ethyl adjacent to an activating group) is 1. The highest BCUT2D eigenvalue weighted by molar-refractivity contribution is 6.24. The second-order valence-electron chi connectivity index (χ2n) is 10.2. The molecular weight excluding hydrogens is 476 g/mol. The quantitative estimate of drug-likeness (QED) is 0.429. The number of nitrogens with zero attached hydrogens (tertiary/aromatic N) is 1. The molecule has 4 N–H and O–H groups in total. The van der Waals surface area contributed by atoms with Crippen LogP contribution in [0.3, 0.4) is 0 Å². The first-order valence-corrected chi connectivity index (χ1v) is 12.3. The third kappa shape index (κ3) is 4.94. The Morgan fingerprint density at radius 3 is 2.49 bits per heavy atom. The number of carbonyl (C=O) groups excluding carboxylic acids is 4. The fourth-order valence-corrected chi connectivity index (χ4v) is 5.85. The lowest BCUT2D eigenvalue weighted by molar-refractivity contribution is -0.171. The molecule has 196 valence electrons. The highest BCUT2D eigenvalue weighted by atomic mass is 16.5. The summed E-state index contributed by atoms with van der Waals surface area (Å²) in [6, 6.07) is 13.6. The van der Waals surface area contributed by atoms with Crippen LogP contribution in [-0.2, 0) is 32.1 Å². The number of aliphatic hydroxyl groups is 1. The minimum absolute atomic E-state index is 0.0376. The molecular formula is C28H32N2O7. The smallest absolute Gasteiger partial charge is 0.225 e. The van der Waals surface area contributed by atoms with Crippen molar-refractivity contribution >= 4 is 23.3 Å². The van der Waals surface area contributed by atoms with E-state index >= 15 is 0 Å². The van der Waals surface area contributed by atoms with Crippen LogP contribution in [0.15, 0.2) is 48.5 Å². The van der Waals surface area contributed by atoms with Crippen molar-refractivity contribution in [3.05, 3.63) is 65.2 Å². The summed E-state index contributed by atoms with van der Waals surface area (Å²) in [5, 5.41) is 22.1. The number of primary amides is 1. The molecule has 2 aromatic carbocycles. The average Bonchev–Trinajstić information content (AvgIpc) is 2.84. The Balaban J connectivity index is 1.70. The number of Topliss-reactive ketones (excluding diaryl/α,β-unsaturated/α-hetero) is 3. The lowest BCUT2D eigenvalue weighted by Crippen LogP contribution is -2.67. The van der Waals surface area contributed by atoms with Gasteiger partial charge in [-0.15, -0.1) is 0 Å². The number of ether oxygens (including phenoxy) is 1. The highest BCUT2D eigenvalue weighted by Crippen LogP contribution is 2.48. The Morgan fingerprint density at radius 2 is 1.84 bits per heavy atom. The van der Waals surface area contributed by atoms with E-state index in [-0.39, 0.29) is 30.9 Å². The van der Waals surface area contributed by atoms with Crippen LogP contribution in [0.2, 0.25) is 0 Å². The van der Waals surface area contributed by atoms with Gasteiger partial charge in [0, 0.05) is 12.0 Å². The molecule has 0 bridgehead atoms. The van der Waals surface area contributed by atoms with Crippen LogP contribution < -0.4 is 5.73 Å². The molecule has 0 saturated heterocycles. The van der Waals surface area contributed by atoms with E-state index in [0.717, 1.165) is 5.56 Å². The fourth-order valence-electron chi connectivity index (χ4n) is 5.85. The second kappa shape index (κ2) is 10.5. The topological polar surface area (TPSA) is 147 Å². The Hall–Kier alpha value is -3.40. The van der Waals surface area contributed by atoms with Gasteiger partial charge in [0.2, 0.25) is 5.91 Å². The minimum atomic E-state index is -2.61. The van der Waals surface area contributed by atoms with E-state index in [1.54, 1.807) is 31.1 Å². The molecule has 0 aliphatic heterocycles. The number of nitrogens with two attached hydrogens (primary N) is 1. The molecule has 1 saturated carbocycles. The number of carbonyl (C=O) groups is 4. The van der Waals surface area contributed by atoms with Crippen LogP contribution >= 0.6 is 0 Å². The van der Waals surface area contributed by atoms with E-state index in [1.807, 2.05) is 30.3 Å². The van der Waals surface area contributed by atoms with Crippen molar-refractivity contribution < 1.29 is 34.1 Å². The Kier molecular flexibility index (Phi) is 7.59. The molecule has 0 spiro atoms. The zero-order valence-corrected chi connectivity index (χ0v) is 20.9. The number of rotatable bonds is 9. The third-order valence-corrected chi connectivity index (χ3v) is 7.65. The first-order valence-electron chi connectivity index (χ1n) is 12.3. The number of aromatic hydroxyl groups is 1. The van der Waals surface area contributed by atoms with Crippen molar-refractivity contribution in [3.63, 3.8) is 0 Å². The Bertz CT molecular complexity index is 1210. The lowest BCUT2D eigenvalue weighted by Gasteiger charge is -2.49. The first-order chi connectivity index (χ1) is 17.6. The van der Waals surface area contributed by atoms with Crippen LogP contribution in [-0.4, -0.2) is 70.7 Å². The number of phenols is 1. The maximum Gasteiger partial charge on any atom is 0.225 e. The van der Waals surface area contributed by atoms with Crippen molar-refractivity contribution in [2.75, 3.05) is 20.7 Å². The van der Waals surface area contributed by atoms with E-state index < -0.39 is 59.1 Å². The summed E-state index contributed by atoms with van der Waals surface area (Å²) >= 11 is 0. The second-order valence-corrected chi connectivity index (χ2v) is 10.2. The number of ketones is 3. The number of hydrogen-bond acceptors (Lipinski definition) is 8. The van der Waals surface area contributed by atoms with Crippen molar-refractivity contribution in [2.24, 2.45) is 23.5 Å². The molecule has 37 heavy (non-hydrogen) atoms. The van der Waals surface area contributed by atoms with Crippen molar-refractivity contribution in [1.82, 2.24) is 4.90 Å². The van der Waals surface area contributed by atoms with Crippen LogP contribution in [0.1, 0.15) is 34.3 Å². The summed E-state index contributed by atoms with van der Waals surface area (Å²) in [4.78, 5) is 54.0. The SMILES string of the molecule is CN(C)[C@H](COCc1ccccc1)[C@@H]1C[C@@H]2Cc3cccc(O)c3C(=O)C2C(=O)[C@]1(O)C(=O)CC(N)=O. The molecule has 2 aliphatic rings. The van der Waals surface area contributed by atoms with Gasteiger partial charge < -0.3 is 25.6 Å². The van der Waals surface area contributed by atoms with Gasteiger partial charge in [0.15, 0.2) is 23.0 Å². The Labute approximate surface area is 215 Å². The molecule has 9 nitrogen and oxygen atoms in total. The Morgan fingerprint density at radius 1 is 1.14 bits per heavy atom. The van der Waals surface area contributed by atoms with Crippen molar-refractivity contribution in [2.45, 2.75) is 37.5 Å². The minimum Gasteiger partial charge on any atom is -0.507 e. The predicted molar refractivity (Wildman–Crippen MR) is 134 cm³/mol. The summed E-state index contributed by atoms with van der Waals surface area (Å²) in [5.74, 6) is -6.59. The maximum atomic E-state index is 13.9. The molecule has 2 aromatic rings. The molecule has 1 amide bonds. The first kappa shape index (κ1) is 26.7. The summed E-state index contributed by atoms with van der Waals surface area (Å²) in [5.41, 5.74) is 4.24. The number of amides is 1. The standard InChI is InChI=1S/C28H32N2O7/c1-30(2)20(15-37-14-16-7-4-3-5-8-16)19-12-18-11-17-9-6-10-21(31)24(17)26(34)25(18)27(35)28(19,36)22(32)13-23(29)33/h3-10,18-20,25,31,36H,11-15H2,1-2H3,(H2,29,33)/t18-,19-,20+,25?,28+/m0/s1. The number of benzene rings is 2. The summed E-state index contributed by atoms with van der Waals surface area (Å²) in [7, 11) is 3.51. The van der Waals surface area contributed by atoms with Crippen LogP contribution in [0, 0.1) is 17.8 Å². The molecule has 5 atom stereocenters. The zero-order chi connectivity index (χ0) is 26.9. The van der Waals surface area contributed by atoms with Gasteiger partial charge in [0.25, 0.3) is 0 Å². The third-order valence-electron chi connectivity index (χ3n) is 7.65. The van der Waals surface area contributed by atoms with E-state index in [9.17, 15) is 29.4 Å². The van der Waals surface area contributed by atoms with Gasteiger partial charge in [-0.25, -0.2) is 0 Å². The predicted octanol–water partition coefficient (Wildman–Crippen LogP) is 1.27. The van der Waals surface area contributed by atoms with E-state index in [4.69, 9.17) is 10.5 Å². The summed E-state index contributed by atoms with van der Waals surface area (Å²) in [6.45, 7) is 0.380. The molecule has 0 aromatic heterocycles. The monoisotopic (exact) mass is 508 g/mol. The number of fused-ring (bicyclic) bond motifs is 2. The van der Waals surface area contributed by atoms with Gasteiger partial charge >= 0.3 is 0 Å². The van der Waals surface area contributed by atoms with Crippen LogP contribution in [0.5, 0.6) is 5.75 Å². The lowest BCUT2D eigenvalue weighted by atomic mass is 9.56. The van der Waals surface area contributed by atoms with E-state index in [1.165, 1.54) is 6.07 Å². The van der Waals surface area contributed by atoms with Crippen molar-refractivity contribution in [3.8, 4) is 5.75 Å². The molecule has 0 heterocycles. The van der Waals surface area contributed by atoms with Crippen molar-refractivity contribution in [1.29, 1.82) is 0 Å². The highest BCUT2D eigenvalue weighted by Gasteiger charge is 2.62. The summed E-state index contributed by atoms with van der Waals surface area (Å²) < 4.78 is 5.95. The van der Waals surface area contributed by atoms with E-state index in [0.29, 0.717) is 12.0 Å². The zero-order valence-electron chi connectivity index (χ0n) is 20.9. The van der Waals surface area contributed by atoms with Crippen LogP contribution in [0.4, 0.5) is 0 Å². The van der Waals surface area contributed by atoms with Gasteiger partial charge in [-0.1, -0.05) is 42.5 Å². The molecule has 1 fully saturated rings. The van der Waals surface area contributed by atoms with Crippen LogP contribution in [0.25, 0.3) is 0 Å². The number of phenolic OH excluding ortho intramolecular Hbond substituents is 1. The van der Waals surface area contributed by atoms with Gasteiger partial charge in [0.05, 0.1) is 31.1 Å². The van der Waals surface area contributed by atoms with Gasteiger partial charge in [-0.05, 0) is 50.0 Å². The maximum absolute atomic E-state index is 13.9. The summed E-state index contributed by atoms with van der Waals surface area (Å²) in [6.07, 6.45) is -0.347. The average molecular weight is 509 g/mol.